The minimum Gasteiger partial charge on any atom is -0.439 e. The van der Waals surface area contributed by atoms with Gasteiger partial charge < -0.3 is 15.0 Å². The molecule has 1 aromatic carbocycles. The van der Waals surface area contributed by atoms with E-state index in [9.17, 15) is 9.18 Å². The number of benzene rings is 1. The van der Waals surface area contributed by atoms with Crippen LogP contribution in [0.25, 0.3) is 0 Å². The average Bonchev–Trinajstić information content (AvgIpc) is 3.08. The third-order valence-corrected chi connectivity index (χ3v) is 3.68. The Bertz CT molecular complexity index is 687. The standard InChI is InChI=1S/C17H18FN3O2/c18-14-6-3-7-15(11-14)23-16-13(5-4-8-19-16)12-20-17(22)21-9-1-2-10-21/h3-8,11H,1-2,9-10,12H2,(H,20,22). The molecule has 23 heavy (non-hydrogen) atoms. The Morgan fingerprint density at radius 2 is 2.09 bits per heavy atom. The van der Waals surface area contributed by atoms with Gasteiger partial charge in [-0.2, -0.15) is 0 Å². The van der Waals surface area contributed by atoms with E-state index >= 15 is 0 Å². The van der Waals surface area contributed by atoms with Gasteiger partial charge in [0.1, 0.15) is 11.6 Å². The first-order chi connectivity index (χ1) is 11.2. The number of nitrogens with one attached hydrogen (secondary N) is 1. The highest BCUT2D eigenvalue weighted by atomic mass is 19.1. The fourth-order valence-corrected chi connectivity index (χ4v) is 2.50. The number of urea groups is 1. The van der Waals surface area contributed by atoms with Gasteiger partial charge in [0.15, 0.2) is 0 Å². The van der Waals surface area contributed by atoms with Gasteiger partial charge in [-0.1, -0.05) is 12.1 Å². The van der Waals surface area contributed by atoms with Crippen LogP contribution >= 0.6 is 0 Å². The Kier molecular flexibility index (Phi) is 4.71. The number of halogens is 1. The SMILES string of the molecule is O=C(NCc1cccnc1Oc1cccc(F)c1)N1CCCC1. The normalized spacial score (nSPS) is 13.9. The molecule has 0 bridgehead atoms. The van der Waals surface area contributed by atoms with Gasteiger partial charge >= 0.3 is 6.03 Å². The van der Waals surface area contributed by atoms with E-state index in [1.54, 1.807) is 29.3 Å². The van der Waals surface area contributed by atoms with E-state index in [4.69, 9.17) is 4.74 Å². The molecular formula is C17H18FN3O2. The smallest absolute Gasteiger partial charge is 0.317 e. The number of pyridine rings is 1. The maximum Gasteiger partial charge on any atom is 0.317 e. The molecule has 0 saturated carbocycles. The number of hydrogen-bond acceptors (Lipinski definition) is 3. The molecule has 6 heteroatoms. The lowest BCUT2D eigenvalue weighted by molar-refractivity contribution is 0.208. The molecule has 1 fully saturated rings. The number of ether oxygens (including phenoxy) is 1. The zero-order chi connectivity index (χ0) is 16.1. The van der Waals surface area contributed by atoms with E-state index in [0.29, 0.717) is 18.2 Å². The van der Waals surface area contributed by atoms with Crippen molar-refractivity contribution in [3.63, 3.8) is 0 Å². The summed E-state index contributed by atoms with van der Waals surface area (Å²) in [5, 5.41) is 2.87. The topological polar surface area (TPSA) is 54.5 Å². The van der Waals surface area contributed by atoms with Crippen LogP contribution in [0.5, 0.6) is 11.6 Å². The van der Waals surface area contributed by atoms with E-state index in [1.165, 1.54) is 12.1 Å². The summed E-state index contributed by atoms with van der Waals surface area (Å²) in [6, 6.07) is 9.39. The molecule has 2 amide bonds. The lowest BCUT2D eigenvalue weighted by Gasteiger charge is -2.17. The zero-order valence-corrected chi connectivity index (χ0v) is 12.7. The van der Waals surface area contributed by atoms with Crippen molar-refractivity contribution >= 4 is 6.03 Å². The number of carbonyl (C=O) groups excluding carboxylic acids is 1. The summed E-state index contributed by atoms with van der Waals surface area (Å²) in [6.45, 7) is 1.91. The number of aromatic nitrogens is 1. The molecule has 0 atom stereocenters. The number of carbonyl (C=O) groups is 1. The summed E-state index contributed by atoms with van der Waals surface area (Å²) >= 11 is 0. The molecule has 120 valence electrons. The lowest BCUT2D eigenvalue weighted by Crippen LogP contribution is -2.37. The molecule has 1 saturated heterocycles. The second kappa shape index (κ2) is 7.09. The first kappa shape index (κ1) is 15.3. The molecule has 1 N–H and O–H groups in total. The summed E-state index contributed by atoms with van der Waals surface area (Å²) in [7, 11) is 0. The van der Waals surface area contributed by atoms with Gasteiger partial charge in [0.25, 0.3) is 0 Å². The predicted molar refractivity (Wildman–Crippen MR) is 83.8 cm³/mol. The van der Waals surface area contributed by atoms with Crippen molar-refractivity contribution in [2.24, 2.45) is 0 Å². The van der Waals surface area contributed by atoms with Gasteiger partial charge in [-0.05, 0) is 31.0 Å². The maximum absolute atomic E-state index is 13.2. The van der Waals surface area contributed by atoms with E-state index in [2.05, 4.69) is 10.3 Å². The highest BCUT2D eigenvalue weighted by Crippen LogP contribution is 2.23. The maximum atomic E-state index is 13.2. The zero-order valence-electron chi connectivity index (χ0n) is 12.7. The predicted octanol–water partition coefficient (Wildman–Crippen LogP) is 3.32. The van der Waals surface area contributed by atoms with Crippen LogP contribution in [0, 0.1) is 5.82 Å². The highest BCUT2D eigenvalue weighted by molar-refractivity contribution is 5.74. The first-order valence-electron chi connectivity index (χ1n) is 7.62. The van der Waals surface area contributed by atoms with Crippen molar-refractivity contribution in [3.8, 4) is 11.6 Å². The second-order valence-corrected chi connectivity index (χ2v) is 5.38. The fraction of sp³-hybridized carbons (Fsp3) is 0.294. The molecule has 1 aromatic heterocycles. The number of amides is 2. The van der Waals surface area contributed by atoms with Gasteiger partial charge in [-0.25, -0.2) is 14.2 Å². The number of nitrogens with zero attached hydrogens (tertiary/aromatic N) is 2. The average molecular weight is 315 g/mol. The van der Waals surface area contributed by atoms with Gasteiger partial charge in [0.05, 0.1) is 0 Å². The van der Waals surface area contributed by atoms with Gasteiger partial charge in [-0.15, -0.1) is 0 Å². The molecule has 0 radical (unpaired) electrons. The molecule has 0 unspecified atom stereocenters. The van der Waals surface area contributed by atoms with Crippen molar-refractivity contribution in [3.05, 3.63) is 54.0 Å². The minimum atomic E-state index is -0.373. The van der Waals surface area contributed by atoms with Crippen LogP contribution in [-0.2, 0) is 6.54 Å². The first-order valence-corrected chi connectivity index (χ1v) is 7.62. The Labute approximate surface area is 134 Å². The molecule has 0 aliphatic carbocycles. The van der Waals surface area contributed by atoms with Gasteiger partial charge in [0.2, 0.25) is 5.88 Å². The summed E-state index contributed by atoms with van der Waals surface area (Å²) in [5.41, 5.74) is 0.740. The van der Waals surface area contributed by atoms with Crippen LogP contribution in [-0.4, -0.2) is 29.0 Å². The van der Waals surface area contributed by atoms with E-state index < -0.39 is 0 Å². The molecule has 1 aliphatic rings. The molecule has 0 spiro atoms. The molecule has 3 rings (SSSR count). The van der Waals surface area contributed by atoms with Crippen molar-refractivity contribution in [1.29, 1.82) is 0 Å². The largest absolute Gasteiger partial charge is 0.439 e. The van der Waals surface area contributed by atoms with Crippen LogP contribution in [0.2, 0.25) is 0 Å². The fourth-order valence-electron chi connectivity index (χ4n) is 2.50. The number of rotatable bonds is 4. The van der Waals surface area contributed by atoms with Crippen LogP contribution < -0.4 is 10.1 Å². The van der Waals surface area contributed by atoms with Crippen molar-refractivity contribution in [2.45, 2.75) is 19.4 Å². The van der Waals surface area contributed by atoms with Crippen LogP contribution in [0.15, 0.2) is 42.6 Å². The quantitative estimate of drug-likeness (QED) is 0.941. The molecule has 2 heterocycles. The number of likely N-dealkylation sites (tertiary alicyclic amines) is 1. The van der Waals surface area contributed by atoms with Crippen LogP contribution in [0.4, 0.5) is 9.18 Å². The number of hydrogen-bond donors (Lipinski definition) is 1. The van der Waals surface area contributed by atoms with E-state index in [0.717, 1.165) is 31.5 Å². The summed E-state index contributed by atoms with van der Waals surface area (Å²) in [4.78, 5) is 18.0. The van der Waals surface area contributed by atoms with E-state index in [1.807, 2.05) is 6.07 Å². The Morgan fingerprint density at radius 3 is 2.87 bits per heavy atom. The molecule has 5 nitrogen and oxygen atoms in total. The van der Waals surface area contributed by atoms with Crippen LogP contribution in [0.3, 0.4) is 0 Å². The van der Waals surface area contributed by atoms with Gasteiger partial charge in [-0.3, -0.25) is 0 Å². The van der Waals surface area contributed by atoms with Crippen molar-refractivity contribution < 1.29 is 13.9 Å². The Hall–Kier alpha value is -2.63. The summed E-state index contributed by atoms with van der Waals surface area (Å²) < 4.78 is 18.9. The Morgan fingerprint density at radius 1 is 1.26 bits per heavy atom. The van der Waals surface area contributed by atoms with E-state index in [-0.39, 0.29) is 11.8 Å². The Balaban J connectivity index is 1.66. The van der Waals surface area contributed by atoms with Crippen LogP contribution in [0.1, 0.15) is 18.4 Å². The minimum absolute atomic E-state index is 0.0805. The third-order valence-electron chi connectivity index (χ3n) is 3.68. The lowest BCUT2D eigenvalue weighted by atomic mass is 10.2. The molecule has 1 aliphatic heterocycles. The monoisotopic (exact) mass is 315 g/mol. The summed E-state index contributed by atoms with van der Waals surface area (Å²) in [6.07, 6.45) is 3.70. The molecule has 2 aromatic rings. The third kappa shape index (κ3) is 3.97. The van der Waals surface area contributed by atoms with Gasteiger partial charge in [0, 0.05) is 37.5 Å². The highest BCUT2D eigenvalue weighted by Gasteiger charge is 2.18. The molecular weight excluding hydrogens is 297 g/mol. The van der Waals surface area contributed by atoms with Crippen molar-refractivity contribution in [2.75, 3.05) is 13.1 Å². The van der Waals surface area contributed by atoms with Crippen molar-refractivity contribution in [1.82, 2.24) is 15.2 Å². The summed E-state index contributed by atoms with van der Waals surface area (Å²) in [5.74, 6) is 0.359. The second-order valence-electron chi connectivity index (χ2n) is 5.38.